The van der Waals surface area contributed by atoms with E-state index >= 15 is 0 Å². The van der Waals surface area contributed by atoms with Gasteiger partial charge in [0.15, 0.2) is 0 Å². The van der Waals surface area contributed by atoms with Crippen molar-refractivity contribution < 1.29 is 4.79 Å². The molecule has 0 spiro atoms. The van der Waals surface area contributed by atoms with Crippen LogP contribution in [0.15, 0.2) is 72.2 Å². The van der Waals surface area contributed by atoms with Crippen molar-refractivity contribution in [2.45, 2.75) is 20.4 Å². The molecule has 0 saturated heterocycles. The number of hydrogen-bond acceptors (Lipinski definition) is 3. The Morgan fingerprint density at radius 2 is 1.84 bits per heavy atom. The minimum Gasteiger partial charge on any atom is -0.343 e. The Morgan fingerprint density at radius 3 is 2.72 bits per heavy atom. The molecule has 3 heterocycles. The lowest BCUT2D eigenvalue weighted by Crippen LogP contribution is -2.30. The Bertz CT molecular complexity index is 1450. The van der Waals surface area contributed by atoms with Crippen LogP contribution in [-0.2, 0) is 6.54 Å². The zero-order valence-corrected chi connectivity index (χ0v) is 19.3. The zero-order valence-electron chi connectivity index (χ0n) is 18.5. The lowest BCUT2D eigenvalue weighted by Gasteiger charge is -2.18. The molecule has 2 aromatic carbocycles. The highest BCUT2D eigenvalue weighted by Crippen LogP contribution is 2.30. The van der Waals surface area contributed by atoms with Crippen LogP contribution in [-0.4, -0.2) is 34.0 Å². The summed E-state index contributed by atoms with van der Waals surface area (Å²) in [6.07, 6.45) is 1.73. The molecule has 160 valence electrons. The van der Waals surface area contributed by atoms with E-state index in [9.17, 15) is 4.79 Å². The van der Waals surface area contributed by atoms with Crippen molar-refractivity contribution in [1.82, 2.24) is 14.5 Å². The second kappa shape index (κ2) is 8.24. The Balaban J connectivity index is 1.35. The summed E-state index contributed by atoms with van der Waals surface area (Å²) in [5, 5.41) is 4.68. The first-order valence-corrected chi connectivity index (χ1v) is 11.6. The predicted molar refractivity (Wildman–Crippen MR) is 133 cm³/mol. The number of carbonyl (C=O) groups excluding carboxylic acids is 1. The number of benzene rings is 2. The smallest absolute Gasteiger partial charge is 0.272 e. The molecule has 1 amide bonds. The molecule has 5 aromatic rings. The highest BCUT2D eigenvalue weighted by atomic mass is 32.1. The van der Waals surface area contributed by atoms with Gasteiger partial charge in [-0.1, -0.05) is 24.3 Å². The van der Waals surface area contributed by atoms with Crippen LogP contribution in [0.2, 0.25) is 0 Å². The molecule has 32 heavy (non-hydrogen) atoms. The summed E-state index contributed by atoms with van der Waals surface area (Å²) in [6, 6.07) is 20.9. The van der Waals surface area contributed by atoms with Gasteiger partial charge in [0.2, 0.25) is 0 Å². The maximum atomic E-state index is 13.1. The van der Waals surface area contributed by atoms with Crippen molar-refractivity contribution in [2.75, 3.05) is 13.6 Å². The molecule has 0 N–H and O–H groups in total. The van der Waals surface area contributed by atoms with Crippen LogP contribution in [0.1, 0.15) is 21.7 Å². The Labute approximate surface area is 191 Å². The summed E-state index contributed by atoms with van der Waals surface area (Å²) in [5.41, 5.74) is 6.27. The average Bonchev–Trinajstić information content (AvgIpc) is 3.35. The van der Waals surface area contributed by atoms with Gasteiger partial charge in [-0.3, -0.25) is 9.78 Å². The third-order valence-corrected chi connectivity index (χ3v) is 7.18. The summed E-state index contributed by atoms with van der Waals surface area (Å²) >= 11 is 1.76. The summed E-state index contributed by atoms with van der Waals surface area (Å²) in [6.45, 7) is 5.60. The molecule has 0 fully saturated rings. The third-order valence-electron chi connectivity index (χ3n) is 6.10. The molecule has 5 rings (SSSR count). The van der Waals surface area contributed by atoms with Gasteiger partial charge in [0.05, 0.1) is 0 Å². The minimum atomic E-state index is -0.0613. The number of aromatic nitrogens is 2. The van der Waals surface area contributed by atoms with Crippen LogP contribution in [0.25, 0.3) is 32.1 Å². The van der Waals surface area contributed by atoms with E-state index in [0.717, 1.165) is 17.7 Å². The minimum absolute atomic E-state index is 0.0613. The van der Waals surface area contributed by atoms with Gasteiger partial charge >= 0.3 is 0 Å². The van der Waals surface area contributed by atoms with Gasteiger partial charge < -0.3 is 9.47 Å². The molecule has 4 nitrogen and oxygen atoms in total. The number of amides is 1. The molecule has 0 unspecified atom stereocenters. The van der Waals surface area contributed by atoms with Crippen molar-refractivity contribution >= 4 is 38.2 Å². The number of carbonyl (C=O) groups is 1. The van der Waals surface area contributed by atoms with Crippen LogP contribution in [0, 0.1) is 13.8 Å². The van der Waals surface area contributed by atoms with E-state index < -0.39 is 0 Å². The van der Waals surface area contributed by atoms with E-state index in [-0.39, 0.29) is 5.91 Å². The van der Waals surface area contributed by atoms with E-state index in [4.69, 9.17) is 0 Å². The highest BCUT2D eigenvalue weighted by molar-refractivity contribution is 7.17. The second-order valence-corrected chi connectivity index (χ2v) is 9.19. The fraction of sp³-hybridized carbons (Fsp3) is 0.185. The molecule has 0 radical (unpaired) electrons. The summed E-state index contributed by atoms with van der Waals surface area (Å²) < 4.78 is 3.55. The van der Waals surface area contributed by atoms with Gasteiger partial charge in [0.1, 0.15) is 5.69 Å². The maximum Gasteiger partial charge on any atom is 0.272 e. The highest BCUT2D eigenvalue weighted by Gasteiger charge is 2.15. The molecular weight excluding hydrogens is 414 g/mol. The van der Waals surface area contributed by atoms with Crippen LogP contribution in [0.5, 0.6) is 0 Å². The number of aryl methyl sites for hydroxylation is 2. The van der Waals surface area contributed by atoms with E-state index in [0.29, 0.717) is 12.2 Å². The molecule has 5 heteroatoms. The number of thiophene rings is 1. The topological polar surface area (TPSA) is 38.1 Å². The maximum absolute atomic E-state index is 13.1. The number of likely N-dealkylation sites (N-methyl/N-ethyl adjacent to an activating group) is 1. The molecule has 0 bridgehead atoms. The summed E-state index contributed by atoms with van der Waals surface area (Å²) in [4.78, 5) is 19.2. The molecule has 0 aliphatic heterocycles. The third kappa shape index (κ3) is 3.69. The van der Waals surface area contributed by atoms with Gasteiger partial charge in [0, 0.05) is 42.2 Å². The quantitative estimate of drug-likeness (QED) is 0.322. The van der Waals surface area contributed by atoms with Crippen molar-refractivity contribution in [2.24, 2.45) is 0 Å². The fourth-order valence-electron chi connectivity index (χ4n) is 4.26. The normalized spacial score (nSPS) is 11.3. The first-order chi connectivity index (χ1) is 15.5. The van der Waals surface area contributed by atoms with E-state index in [1.54, 1.807) is 22.4 Å². The first kappa shape index (κ1) is 20.5. The van der Waals surface area contributed by atoms with Crippen LogP contribution in [0.4, 0.5) is 0 Å². The van der Waals surface area contributed by atoms with Crippen molar-refractivity contribution in [3.63, 3.8) is 0 Å². The average molecular weight is 440 g/mol. The fourth-order valence-corrected chi connectivity index (χ4v) is 5.18. The Morgan fingerprint density at radius 1 is 1.03 bits per heavy atom. The number of nitrogens with zero attached hydrogens (tertiary/aromatic N) is 3. The summed E-state index contributed by atoms with van der Waals surface area (Å²) in [5.74, 6) is -0.0613. The molecular formula is C27H25N3OS. The van der Waals surface area contributed by atoms with Crippen LogP contribution < -0.4 is 0 Å². The Hall–Kier alpha value is -3.44. The molecule has 0 aliphatic rings. The monoisotopic (exact) mass is 439 g/mol. The van der Waals surface area contributed by atoms with E-state index in [1.807, 2.05) is 19.2 Å². The van der Waals surface area contributed by atoms with Gasteiger partial charge in [0.25, 0.3) is 5.91 Å². The lowest BCUT2D eigenvalue weighted by molar-refractivity contribution is 0.0785. The predicted octanol–water partition coefficient (Wildman–Crippen LogP) is 6.31. The molecule has 0 saturated carbocycles. The number of pyridine rings is 1. The van der Waals surface area contributed by atoms with Crippen molar-refractivity contribution in [1.29, 1.82) is 0 Å². The van der Waals surface area contributed by atoms with Gasteiger partial charge in [-0.15, -0.1) is 11.3 Å². The second-order valence-electron chi connectivity index (χ2n) is 8.28. The first-order valence-electron chi connectivity index (χ1n) is 10.8. The number of fused-ring (bicyclic) bond motifs is 2. The van der Waals surface area contributed by atoms with Crippen LogP contribution >= 0.6 is 11.3 Å². The SMILES string of the molecule is Cc1csc2ccc(-c3ccnc(C(=O)N(C)CCn4c(C)cc5ccccc54)c3)cc12. The van der Waals surface area contributed by atoms with Crippen molar-refractivity contribution in [3.8, 4) is 11.1 Å². The van der Waals surface area contributed by atoms with Gasteiger partial charge in [-0.05, 0) is 83.1 Å². The molecule has 0 aliphatic carbocycles. The van der Waals surface area contributed by atoms with Gasteiger partial charge in [-0.25, -0.2) is 0 Å². The van der Waals surface area contributed by atoms with Crippen LogP contribution in [0.3, 0.4) is 0 Å². The summed E-state index contributed by atoms with van der Waals surface area (Å²) in [7, 11) is 1.85. The van der Waals surface area contributed by atoms with E-state index in [1.165, 1.54) is 32.2 Å². The molecule has 0 atom stereocenters. The van der Waals surface area contributed by atoms with Gasteiger partial charge in [-0.2, -0.15) is 0 Å². The van der Waals surface area contributed by atoms with Crippen molar-refractivity contribution in [3.05, 3.63) is 89.2 Å². The number of para-hydroxylation sites is 1. The zero-order chi connectivity index (χ0) is 22.2. The van der Waals surface area contributed by atoms with E-state index in [2.05, 4.69) is 77.3 Å². The Kier molecular flexibility index (Phi) is 5.27. The standard InChI is InChI=1S/C27H25N3OS/c1-18-17-32-26-9-8-20(15-23(18)26)21-10-11-28-24(16-21)27(31)29(3)12-13-30-19(2)14-22-6-4-5-7-25(22)30/h4-11,14-17H,12-13H2,1-3H3. The number of rotatable bonds is 5. The molecule has 3 aromatic heterocycles. The number of hydrogen-bond donors (Lipinski definition) is 0. The lowest BCUT2D eigenvalue weighted by atomic mass is 10.0. The largest absolute Gasteiger partial charge is 0.343 e.